The third-order valence-electron chi connectivity index (χ3n) is 6.79. The van der Waals surface area contributed by atoms with Crippen LogP contribution in [0.4, 0.5) is 0 Å². The SMILES string of the molecule is C[C@@H]1CCNCOCC2CCCC(C2)C2NNC3CCC(CC32)O1. The molecule has 4 fully saturated rings. The van der Waals surface area contributed by atoms with E-state index in [1.54, 1.807) is 0 Å². The highest BCUT2D eigenvalue weighted by molar-refractivity contribution is 4.99. The number of rotatable bonds is 0. The minimum absolute atomic E-state index is 0.337. The molecule has 4 rings (SSSR count). The van der Waals surface area contributed by atoms with Crippen molar-refractivity contribution >= 4 is 0 Å². The molecule has 138 valence electrons. The third-order valence-corrected chi connectivity index (χ3v) is 6.79. The second kappa shape index (κ2) is 8.00. The molecule has 0 aromatic carbocycles. The monoisotopic (exact) mass is 337 g/mol. The Bertz CT molecular complexity index is 408. The second-order valence-corrected chi connectivity index (χ2v) is 8.56. The van der Waals surface area contributed by atoms with Gasteiger partial charge in [0.05, 0.1) is 25.5 Å². The van der Waals surface area contributed by atoms with Crippen molar-refractivity contribution in [2.45, 2.75) is 82.6 Å². The van der Waals surface area contributed by atoms with Crippen LogP contribution in [0.15, 0.2) is 0 Å². The summed E-state index contributed by atoms with van der Waals surface area (Å²) in [5.41, 5.74) is 7.30. The van der Waals surface area contributed by atoms with Crippen LogP contribution < -0.4 is 16.2 Å². The summed E-state index contributed by atoms with van der Waals surface area (Å²) in [7, 11) is 0. The van der Waals surface area contributed by atoms with Crippen LogP contribution in [0.2, 0.25) is 0 Å². The Morgan fingerprint density at radius 2 is 1.92 bits per heavy atom. The molecule has 0 aromatic heterocycles. The highest BCUT2D eigenvalue weighted by Gasteiger charge is 2.44. The van der Waals surface area contributed by atoms with E-state index in [4.69, 9.17) is 9.47 Å². The zero-order valence-electron chi connectivity index (χ0n) is 15.1. The summed E-state index contributed by atoms with van der Waals surface area (Å²) in [6.07, 6.45) is 10.9. The van der Waals surface area contributed by atoms with Gasteiger partial charge in [-0.05, 0) is 76.2 Å². The number of hydrazine groups is 1. The van der Waals surface area contributed by atoms with Crippen molar-refractivity contribution in [1.82, 2.24) is 16.2 Å². The van der Waals surface area contributed by atoms with Gasteiger partial charge in [0, 0.05) is 12.1 Å². The maximum Gasteiger partial charge on any atom is 0.0965 e. The van der Waals surface area contributed by atoms with Gasteiger partial charge < -0.3 is 9.47 Å². The summed E-state index contributed by atoms with van der Waals surface area (Å²) >= 11 is 0. The Morgan fingerprint density at radius 3 is 2.88 bits per heavy atom. The van der Waals surface area contributed by atoms with Gasteiger partial charge in [-0.2, -0.15) is 0 Å². The first kappa shape index (κ1) is 17.2. The number of fused-ring (bicyclic) bond motifs is 4. The van der Waals surface area contributed by atoms with E-state index < -0.39 is 0 Å². The minimum atomic E-state index is 0.337. The van der Waals surface area contributed by atoms with Gasteiger partial charge >= 0.3 is 0 Å². The summed E-state index contributed by atoms with van der Waals surface area (Å²) in [4.78, 5) is 0. The highest BCUT2D eigenvalue weighted by atomic mass is 16.5. The molecule has 0 aromatic rings. The summed E-state index contributed by atoms with van der Waals surface area (Å²) in [6, 6.07) is 1.28. The van der Waals surface area contributed by atoms with Gasteiger partial charge in [-0.1, -0.05) is 6.42 Å². The molecule has 24 heavy (non-hydrogen) atoms. The number of hydrogen-bond acceptors (Lipinski definition) is 5. The van der Waals surface area contributed by atoms with E-state index in [9.17, 15) is 0 Å². The molecule has 4 aliphatic rings. The molecule has 6 unspecified atom stereocenters. The molecule has 4 bridgehead atoms. The fourth-order valence-corrected chi connectivity index (χ4v) is 5.52. The minimum Gasteiger partial charge on any atom is -0.375 e. The Balaban J connectivity index is 1.46. The van der Waals surface area contributed by atoms with Crippen LogP contribution in [0.5, 0.6) is 0 Å². The second-order valence-electron chi connectivity index (χ2n) is 8.56. The molecule has 0 amide bonds. The molecule has 2 aliphatic heterocycles. The standard InChI is InChI=1S/C19H35N3O2/c1-13-7-8-20-12-23-11-14-3-2-4-15(9-14)19-17-10-16(24-13)5-6-18(17)21-22-19/h13-22H,2-12H2,1H3/t13-,14?,15?,16?,17?,18?,19?/m1/s1. The van der Waals surface area contributed by atoms with E-state index in [0.717, 1.165) is 37.3 Å². The van der Waals surface area contributed by atoms with Crippen LogP contribution in [0, 0.1) is 17.8 Å². The lowest BCUT2D eigenvalue weighted by molar-refractivity contribution is -0.0402. The molecule has 2 heterocycles. The topological polar surface area (TPSA) is 54.5 Å². The van der Waals surface area contributed by atoms with Crippen LogP contribution in [0.25, 0.3) is 0 Å². The van der Waals surface area contributed by atoms with Crippen molar-refractivity contribution in [1.29, 1.82) is 0 Å². The van der Waals surface area contributed by atoms with Crippen molar-refractivity contribution in [2.75, 3.05) is 19.9 Å². The quantitative estimate of drug-likeness (QED) is 0.633. The first-order valence-electron chi connectivity index (χ1n) is 10.2. The molecule has 5 heteroatoms. The van der Waals surface area contributed by atoms with E-state index >= 15 is 0 Å². The largest absolute Gasteiger partial charge is 0.375 e. The van der Waals surface area contributed by atoms with Crippen molar-refractivity contribution in [3.05, 3.63) is 0 Å². The maximum absolute atomic E-state index is 6.39. The van der Waals surface area contributed by atoms with Gasteiger partial charge in [0.1, 0.15) is 0 Å². The third kappa shape index (κ3) is 3.96. The Hall–Kier alpha value is -0.200. The number of hydrogen-bond donors (Lipinski definition) is 3. The molecule has 2 saturated heterocycles. The lowest BCUT2D eigenvalue weighted by atomic mass is 9.70. The van der Waals surface area contributed by atoms with Gasteiger partial charge in [0.2, 0.25) is 0 Å². The summed E-state index contributed by atoms with van der Waals surface area (Å²) in [6.45, 7) is 4.82. The Morgan fingerprint density at radius 1 is 0.958 bits per heavy atom. The van der Waals surface area contributed by atoms with Gasteiger partial charge in [-0.25, -0.2) is 0 Å². The summed E-state index contributed by atoms with van der Waals surface area (Å²) < 4.78 is 12.3. The lowest BCUT2D eigenvalue weighted by Gasteiger charge is -2.39. The summed E-state index contributed by atoms with van der Waals surface area (Å²) in [5.74, 6) is 2.28. The van der Waals surface area contributed by atoms with E-state index in [1.165, 1.54) is 44.9 Å². The zero-order chi connectivity index (χ0) is 16.4. The normalized spacial score (nSPS) is 47.6. The van der Waals surface area contributed by atoms with Gasteiger partial charge in [-0.15, -0.1) is 0 Å². The van der Waals surface area contributed by atoms with E-state index in [1.807, 2.05) is 0 Å². The van der Waals surface area contributed by atoms with E-state index in [2.05, 4.69) is 23.1 Å². The van der Waals surface area contributed by atoms with Gasteiger partial charge in [0.15, 0.2) is 0 Å². The van der Waals surface area contributed by atoms with Crippen molar-refractivity contribution in [3.63, 3.8) is 0 Å². The van der Waals surface area contributed by atoms with Crippen LogP contribution in [-0.4, -0.2) is 44.2 Å². The van der Waals surface area contributed by atoms with Crippen LogP contribution in [0.1, 0.15) is 58.3 Å². The van der Waals surface area contributed by atoms with Crippen molar-refractivity contribution in [3.8, 4) is 0 Å². The maximum atomic E-state index is 6.39. The smallest absolute Gasteiger partial charge is 0.0965 e. The average molecular weight is 338 g/mol. The first-order valence-corrected chi connectivity index (χ1v) is 10.2. The summed E-state index contributed by atoms with van der Waals surface area (Å²) in [5, 5.41) is 3.42. The molecule has 2 saturated carbocycles. The first-order chi connectivity index (χ1) is 11.8. The Kier molecular flexibility index (Phi) is 5.74. The molecule has 5 nitrogen and oxygen atoms in total. The van der Waals surface area contributed by atoms with E-state index in [-0.39, 0.29) is 0 Å². The van der Waals surface area contributed by atoms with Gasteiger partial charge in [-0.3, -0.25) is 16.2 Å². The molecular weight excluding hydrogens is 302 g/mol. The molecule has 0 spiro atoms. The zero-order valence-corrected chi connectivity index (χ0v) is 15.1. The van der Waals surface area contributed by atoms with Crippen molar-refractivity contribution < 1.29 is 9.47 Å². The lowest BCUT2D eigenvalue weighted by Crippen LogP contribution is -2.42. The van der Waals surface area contributed by atoms with Crippen LogP contribution in [-0.2, 0) is 9.47 Å². The predicted octanol–water partition coefficient (Wildman–Crippen LogP) is 2.18. The Labute approximate surface area is 146 Å². The molecule has 0 radical (unpaired) electrons. The predicted molar refractivity (Wildman–Crippen MR) is 94.4 cm³/mol. The van der Waals surface area contributed by atoms with Crippen LogP contribution in [0.3, 0.4) is 0 Å². The molecule has 2 aliphatic carbocycles. The number of nitrogens with one attached hydrogen (secondary N) is 3. The average Bonchev–Trinajstić information content (AvgIpc) is 3.01. The fourth-order valence-electron chi connectivity index (χ4n) is 5.52. The fraction of sp³-hybridized carbons (Fsp3) is 1.00. The van der Waals surface area contributed by atoms with Crippen LogP contribution >= 0.6 is 0 Å². The van der Waals surface area contributed by atoms with E-state index in [0.29, 0.717) is 31.0 Å². The number of ether oxygens (including phenoxy) is 2. The van der Waals surface area contributed by atoms with Crippen molar-refractivity contribution in [2.24, 2.45) is 17.8 Å². The molecule has 7 atom stereocenters. The van der Waals surface area contributed by atoms with Gasteiger partial charge in [0.25, 0.3) is 0 Å². The molecule has 3 N–H and O–H groups in total. The molecular formula is C19H35N3O2. The highest BCUT2D eigenvalue weighted by Crippen LogP contribution is 2.40.